The van der Waals surface area contributed by atoms with Crippen molar-refractivity contribution < 1.29 is 19.4 Å². The summed E-state index contributed by atoms with van der Waals surface area (Å²) in [6.07, 6.45) is 0.759. The Morgan fingerprint density at radius 2 is 2.21 bits per heavy atom. The van der Waals surface area contributed by atoms with E-state index in [1.165, 1.54) is 18.7 Å². The van der Waals surface area contributed by atoms with Gasteiger partial charge in [0, 0.05) is 6.42 Å². The highest BCUT2D eigenvalue weighted by molar-refractivity contribution is 7.07. The number of hydrogen-bond donors (Lipinski definition) is 1. The fraction of sp³-hybridized carbons (Fsp3) is 0.214. The molecule has 5 heteroatoms. The van der Waals surface area contributed by atoms with Crippen LogP contribution in [0.25, 0.3) is 0 Å². The number of carboxylic acid groups (broad SMARTS) is 1. The molecule has 0 unspecified atom stereocenters. The van der Waals surface area contributed by atoms with Gasteiger partial charge in [-0.05, 0) is 40.6 Å². The lowest BCUT2D eigenvalue weighted by Crippen LogP contribution is -2.06. The number of aromatic carboxylic acids is 1. The molecule has 0 atom stereocenters. The van der Waals surface area contributed by atoms with Gasteiger partial charge in [-0.25, -0.2) is 4.79 Å². The van der Waals surface area contributed by atoms with Gasteiger partial charge in [0.25, 0.3) is 0 Å². The van der Waals surface area contributed by atoms with E-state index < -0.39 is 5.97 Å². The van der Waals surface area contributed by atoms with Crippen molar-refractivity contribution >= 4 is 17.3 Å². The summed E-state index contributed by atoms with van der Waals surface area (Å²) in [7, 11) is 1.50. The Kier molecular flexibility index (Phi) is 4.41. The van der Waals surface area contributed by atoms with E-state index >= 15 is 0 Å². The molecule has 0 aliphatic carbocycles. The summed E-state index contributed by atoms with van der Waals surface area (Å²) in [5, 5.41) is 13.2. The molecule has 0 saturated carbocycles. The second kappa shape index (κ2) is 6.24. The predicted octanol–water partition coefficient (Wildman–Crippen LogP) is 3.08. The molecule has 0 fully saturated rings. The average molecular weight is 278 g/mol. The molecule has 19 heavy (non-hydrogen) atoms. The molecule has 0 aliphatic heterocycles. The highest BCUT2D eigenvalue weighted by atomic mass is 32.1. The first kappa shape index (κ1) is 13.4. The molecule has 0 aliphatic rings. The number of rotatable bonds is 6. The molecule has 1 aromatic heterocycles. The lowest BCUT2D eigenvalue weighted by molar-refractivity contribution is 0.0692. The Morgan fingerprint density at radius 1 is 1.37 bits per heavy atom. The van der Waals surface area contributed by atoms with Gasteiger partial charge in [0.15, 0.2) is 0 Å². The van der Waals surface area contributed by atoms with Gasteiger partial charge in [0.05, 0.1) is 13.7 Å². The molecule has 1 aromatic carbocycles. The Labute approximate surface area is 115 Å². The van der Waals surface area contributed by atoms with Crippen molar-refractivity contribution in [3.63, 3.8) is 0 Å². The third-order valence-corrected chi connectivity index (χ3v) is 3.38. The lowest BCUT2D eigenvalue weighted by atomic mass is 10.2. The van der Waals surface area contributed by atoms with Crippen molar-refractivity contribution in [2.45, 2.75) is 6.42 Å². The van der Waals surface area contributed by atoms with Crippen LogP contribution in [0.15, 0.2) is 35.0 Å². The quantitative estimate of drug-likeness (QED) is 0.882. The second-order valence-corrected chi connectivity index (χ2v) is 4.68. The first-order valence-electron chi connectivity index (χ1n) is 5.76. The van der Waals surface area contributed by atoms with E-state index in [0.29, 0.717) is 18.1 Å². The van der Waals surface area contributed by atoms with Crippen LogP contribution in [0.3, 0.4) is 0 Å². The lowest BCUT2D eigenvalue weighted by Gasteiger charge is -2.10. The molecule has 1 heterocycles. The zero-order chi connectivity index (χ0) is 13.7. The van der Waals surface area contributed by atoms with E-state index in [9.17, 15) is 4.79 Å². The number of benzene rings is 1. The Morgan fingerprint density at radius 3 is 2.84 bits per heavy atom. The highest BCUT2D eigenvalue weighted by Gasteiger charge is 2.12. The number of carbonyl (C=O) groups is 1. The molecular formula is C14H14O4S. The van der Waals surface area contributed by atoms with E-state index in [4.69, 9.17) is 14.6 Å². The number of ether oxygens (including phenoxy) is 2. The smallest absolute Gasteiger partial charge is 0.339 e. The standard InChI is InChI=1S/C14H14O4S/c1-17-11-2-3-13(12(8-11)14(15)16)18-6-4-10-5-7-19-9-10/h2-3,5,7-9H,4,6H2,1H3,(H,15,16). The summed E-state index contributed by atoms with van der Waals surface area (Å²) in [5.41, 5.74) is 1.31. The van der Waals surface area contributed by atoms with E-state index in [1.807, 2.05) is 11.4 Å². The number of methoxy groups -OCH3 is 1. The van der Waals surface area contributed by atoms with Gasteiger partial charge in [-0.15, -0.1) is 0 Å². The first-order chi connectivity index (χ1) is 9.20. The van der Waals surface area contributed by atoms with Gasteiger partial charge in [-0.2, -0.15) is 11.3 Å². The topological polar surface area (TPSA) is 55.8 Å². The molecule has 0 spiro atoms. The molecule has 2 aromatic rings. The maximum Gasteiger partial charge on any atom is 0.339 e. The summed E-state index contributed by atoms with van der Waals surface area (Å²) in [6, 6.07) is 6.80. The van der Waals surface area contributed by atoms with Crippen LogP contribution in [0.1, 0.15) is 15.9 Å². The van der Waals surface area contributed by atoms with Gasteiger partial charge in [-0.1, -0.05) is 0 Å². The van der Waals surface area contributed by atoms with E-state index in [1.54, 1.807) is 23.5 Å². The Balaban J connectivity index is 2.04. The summed E-state index contributed by atoms with van der Waals surface area (Å²) in [5.74, 6) is -0.157. The number of hydrogen-bond acceptors (Lipinski definition) is 4. The van der Waals surface area contributed by atoms with Crippen molar-refractivity contribution in [3.8, 4) is 11.5 Å². The summed E-state index contributed by atoms with van der Waals surface area (Å²) in [4.78, 5) is 11.1. The minimum absolute atomic E-state index is 0.115. The molecule has 0 bridgehead atoms. The SMILES string of the molecule is COc1ccc(OCCc2ccsc2)c(C(=O)O)c1. The number of carboxylic acids is 1. The van der Waals surface area contributed by atoms with Crippen molar-refractivity contribution in [2.75, 3.05) is 13.7 Å². The van der Waals surface area contributed by atoms with Crippen LogP contribution < -0.4 is 9.47 Å². The van der Waals surface area contributed by atoms with Crippen LogP contribution in [0.5, 0.6) is 11.5 Å². The van der Waals surface area contributed by atoms with E-state index in [2.05, 4.69) is 5.38 Å². The van der Waals surface area contributed by atoms with Gasteiger partial charge in [-0.3, -0.25) is 0 Å². The fourth-order valence-corrected chi connectivity index (χ4v) is 2.35. The molecule has 4 nitrogen and oxygen atoms in total. The highest BCUT2D eigenvalue weighted by Crippen LogP contribution is 2.24. The molecule has 2 rings (SSSR count). The molecule has 0 radical (unpaired) electrons. The maximum atomic E-state index is 11.1. The zero-order valence-electron chi connectivity index (χ0n) is 10.5. The Bertz CT molecular complexity index is 549. The molecular weight excluding hydrogens is 264 g/mol. The van der Waals surface area contributed by atoms with Crippen molar-refractivity contribution in [3.05, 3.63) is 46.2 Å². The van der Waals surface area contributed by atoms with Crippen molar-refractivity contribution in [2.24, 2.45) is 0 Å². The van der Waals surface area contributed by atoms with E-state index in [-0.39, 0.29) is 5.56 Å². The summed E-state index contributed by atoms with van der Waals surface area (Å²) < 4.78 is 10.5. The van der Waals surface area contributed by atoms with Gasteiger partial charge in [0.1, 0.15) is 17.1 Å². The van der Waals surface area contributed by atoms with Crippen molar-refractivity contribution in [1.82, 2.24) is 0 Å². The molecule has 0 amide bonds. The monoisotopic (exact) mass is 278 g/mol. The van der Waals surface area contributed by atoms with Gasteiger partial charge in [0.2, 0.25) is 0 Å². The van der Waals surface area contributed by atoms with Crippen LogP contribution in [0, 0.1) is 0 Å². The zero-order valence-corrected chi connectivity index (χ0v) is 11.3. The Hall–Kier alpha value is -2.01. The van der Waals surface area contributed by atoms with Crippen molar-refractivity contribution in [1.29, 1.82) is 0 Å². The minimum Gasteiger partial charge on any atom is -0.497 e. The average Bonchev–Trinajstić information content (AvgIpc) is 2.92. The predicted molar refractivity (Wildman–Crippen MR) is 73.5 cm³/mol. The number of thiophene rings is 1. The van der Waals surface area contributed by atoms with Crippen LogP contribution in [0.4, 0.5) is 0 Å². The summed E-state index contributed by atoms with van der Waals surface area (Å²) >= 11 is 1.63. The second-order valence-electron chi connectivity index (χ2n) is 3.90. The van der Waals surface area contributed by atoms with Crippen LogP contribution >= 0.6 is 11.3 Å². The van der Waals surface area contributed by atoms with E-state index in [0.717, 1.165) is 6.42 Å². The van der Waals surface area contributed by atoms with Gasteiger partial charge >= 0.3 is 5.97 Å². The summed E-state index contributed by atoms with van der Waals surface area (Å²) in [6.45, 7) is 0.448. The normalized spacial score (nSPS) is 10.2. The van der Waals surface area contributed by atoms with Crippen LogP contribution in [-0.4, -0.2) is 24.8 Å². The maximum absolute atomic E-state index is 11.1. The largest absolute Gasteiger partial charge is 0.497 e. The molecule has 0 saturated heterocycles. The van der Waals surface area contributed by atoms with Crippen LogP contribution in [0.2, 0.25) is 0 Å². The first-order valence-corrected chi connectivity index (χ1v) is 6.70. The third-order valence-electron chi connectivity index (χ3n) is 2.65. The fourth-order valence-electron chi connectivity index (χ4n) is 1.64. The van der Waals surface area contributed by atoms with Crippen LogP contribution in [-0.2, 0) is 6.42 Å². The molecule has 1 N–H and O–H groups in total. The third kappa shape index (κ3) is 3.48. The molecule has 100 valence electrons. The minimum atomic E-state index is -1.02. The van der Waals surface area contributed by atoms with Gasteiger partial charge < -0.3 is 14.6 Å².